The summed E-state index contributed by atoms with van der Waals surface area (Å²) in [5.41, 5.74) is 0.141. The number of halogens is 1. The maximum Gasteiger partial charge on any atom is 0.410 e. The minimum absolute atomic E-state index is 0.0762. The van der Waals surface area contributed by atoms with Gasteiger partial charge in [-0.15, -0.1) is 0 Å². The molecule has 124 valence electrons. The average molecular weight is 340 g/mol. The van der Waals surface area contributed by atoms with Crippen LogP contribution in [0.15, 0.2) is 11.0 Å². The minimum Gasteiger partial charge on any atom is -0.444 e. The molecule has 2 aromatic heterocycles. The van der Waals surface area contributed by atoms with Crippen molar-refractivity contribution in [2.45, 2.75) is 38.8 Å². The molecule has 8 nitrogen and oxygen atoms in total. The topological polar surface area (TPSA) is 93.1 Å². The van der Waals surface area contributed by atoms with Crippen molar-refractivity contribution < 1.29 is 9.53 Å². The number of aromatic amines is 1. The van der Waals surface area contributed by atoms with Gasteiger partial charge in [-0.05, 0) is 38.8 Å². The summed E-state index contributed by atoms with van der Waals surface area (Å²) in [6, 6.07) is -0.172. The first-order chi connectivity index (χ1) is 10.7. The number of carbonyl (C=O) groups excluding carboxylic acids is 1. The lowest BCUT2D eigenvalue weighted by Crippen LogP contribution is -2.36. The van der Waals surface area contributed by atoms with E-state index >= 15 is 0 Å². The van der Waals surface area contributed by atoms with Gasteiger partial charge in [0.15, 0.2) is 5.65 Å². The number of fused-ring (bicyclic) bond motifs is 1. The van der Waals surface area contributed by atoms with Gasteiger partial charge in [0.1, 0.15) is 11.1 Å². The fourth-order valence-electron chi connectivity index (χ4n) is 2.68. The van der Waals surface area contributed by atoms with Crippen LogP contribution in [-0.2, 0) is 4.74 Å². The Morgan fingerprint density at radius 1 is 1.48 bits per heavy atom. The fraction of sp³-hybridized carbons (Fsp3) is 0.571. The highest BCUT2D eigenvalue weighted by atomic mass is 35.5. The number of hydrogen-bond donors (Lipinski definition) is 1. The highest BCUT2D eigenvalue weighted by Crippen LogP contribution is 2.25. The smallest absolute Gasteiger partial charge is 0.410 e. The summed E-state index contributed by atoms with van der Waals surface area (Å²) in [5.74, 6) is 0. The molecule has 0 spiro atoms. The van der Waals surface area contributed by atoms with E-state index in [1.807, 2.05) is 20.8 Å². The lowest BCUT2D eigenvalue weighted by molar-refractivity contribution is 0.0289. The SMILES string of the molecule is CC(C)(C)OC(=O)N1CC[C@H](n2c(=O)[nH]c3cnc(Cl)nc32)C1. The predicted molar refractivity (Wildman–Crippen MR) is 84.6 cm³/mol. The van der Waals surface area contributed by atoms with Crippen LogP contribution >= 0.6 is 11.6 Å². The van der Waals surface area contributed by atoms with Crippen LogP contribution in [0, 0.1) is 0 Å². The van der Waals surface area contributed by atoms with Crippen molar-refractivity contribution in [3.8, 4) is 0 Å². The Labute approximate surface area is 137 Å². The summed E-state index contributed by atoms with van der Waals surface area (Å²) in [6.07, 6.45) is 1.75. The van der Waals surface area contributed by atoms with Crippen LogP contribution in [0.4, 0.5) is 4.79 Å². The lowest BCUT2D eigenvalue weighted by atomic mass is 10.2. The lowest BCUT2D eigenvalue weighted by Gasteiger charge is -2.24. The van der Waals surface area contributed by atoms with Crippen LogP contribution in [0.1, 0.15) is 33.2 Å². The molecule has 0 aliphatic carbocycles. The zero-order chi connectivity index (χ0) is 16.8. The zero-order valence-corrected chi connectivity index (χ0v) is 13.9. The first-order valence-electron chi connectivity index (χ1n) is 7.35. The maximum absolute atomic E-state index is 12.2. The van der Waals surface area contributed by atoms with Crippen molar-refractivity contribution in [2.24, 2.45) is 0 Å². The highest BCUT2D eigenvalue weighted by molar-refractivity contribution is 6.28. The predicted octanol–water partition coefficient (Wildman–Crippen LogP) is 1.95. The third-order valence-electron chi connectivity index (χ3n) is 3.61. The van der Waals surface area contributed by atoms with E-state index in [-0.39, 0.29) is 23.1 Å². The van der Waals surface area contributed by atoms with E-state index in [1.165, 1.54) is 10.8 Å². The maximum atomic E-state index is 12.2. The number of rotatable bonds is 1. The van der Waals surface area contributed by atoms with Crippen LogP contribution in [0.5, 0.6) is 0 Å². The monoisotopic (exact) mass is 339 g/mol. The molecule has 1 aliphatic heterocycles. The summed E-state index contributed by atoms with van der Waals surface area (Å²) in [4.78, 5) is 36.6. The Kier molecular flexibility index (Phi) is 3.79. The molecule has 23 heavy (non-hydrogen) atoms. The van der Waals surface area contributed by atoms with E-state index in [2.05, 4.69) is 15.0 Å². The molecule has 1 fully saturated rings. The van der Waals surface area contributed by atoms with Crippen molar-refractivity contribution in [3.63, 3.8) is 0 Å². The van der Waals surface area contributed by atoms with E-state index in [9.17, 15) is 9.59 Å². The van der Waals surface area contributed by atoms with E-state index < -0.39 is 5.60 Å². The van der Waals surface area contributed by atoms with E-state index in [1.54, 1.807) is 4.90 Å². The normalized spacial score (nSPS) is 18.6. The van der Waals surface area contributed by atoms with Crippen molar-refractivity contribution in [3.05, 3.63) is 22.0 Å². The summed E-state index contributed by atoms with van der Waals surface area (Å²) in [5, 5.41) is 0.0762. The fourth-order valence-corrected chi connectivity index (χ4v) is 2.81. The van der Waals surface area contributed by atoms with E-state index in [4.69, 9.17) is 16.3 Å². The second-order valence-corrected chi connectivity index (χ2v) is 6.88. The largest absolute Gasteiger partial charge is 0.444 e. The number of carbonyl (C=O) groups is 1. The number of likely N-dealkylation sites (tertiary alicyclic amines) is 1. The molecule has 1 aliphatic rings. The van der Waals surface area contributed by atoms with E-state index in [0.717, 1.165) is 0 Å². The second kappa shape index (κ2) is 5.52. The summed E-state index contributed by atoms with van der Waals surface area (Å²) in [6.45, 7) is 6.38. The first kappa shape index (κ1) is 15.8. The molecular weight excluding hydrogens is 322 g/mol. The summed E-state index contributed by atoms with van der Waals surface area (Å²) in [7, 11) is 0. The Balaban J connectivity index is 1.85. The van der Waals surface area contributed by atoms with Gasteiger partial charge in [-0.3, -0.25) is 4.57 Å². The molecule has 0 saturated carbocycles. The van der Waals surface area contributed by atoms with Gasteiger partial charge in [-0.2, -0.15) is 4.98 Å². The van der Waals surface area contributed by atoms with Gasteiger partial charge < -0.3 is 14.6 Å². The van der Waals surface area contributed by atoms with Gasteiger partial charge >= 0.3 is 11.8 Å². The quantitative estimate of drug-likeness (QED) is 0.801. The standard InChI is InChI=1S/C14H18ClN5O3/c1-14(2,3)23-13(22)19-5-4-8(7-19)20-10-9(17-12(20)21)6-16-11(15)18-10/h6,8H,4-5,7H2,1-3H3,(H,17,21)/t8-/m0/s1. The molecule has 1 amide bonds. The number of imidazole rings is 1. The van der Waals surface area contributed by atoms with E-state index in [0.29, 0.717) is 30.7 Å². The number of H-pyrrole nitrogens is 1. The Morgan fingerprint density at radius 3 is 2.91 bits per heavy atom. The number of amides is 1. The van der Waals surface area contributed by atoms with Gasteiger partial charge in [0.25, 0.3) is 0 Å². The van der Waals surface area contributed by atoms with Crippen LogP contribution in [0.25, 0.3) is 11.2 Å². The number of hydrogen-bond acceptors (Lipinski definition) is 5. The average Bonchev–Trinajstić information content (AvgIpc) is 3.00. The molecule has 9 heteroatoms. The van der Waals surface area contributed by atoms with Gasteiger partial charge in [0.05, 0.1) is 12.2 Å². The molecule has 0 aromatic carbocycles. The third kappa shape index (κ3) is 3.17. The minimum atomic E-state index is -0.548. The molecule has 0 radical (unpaired) electrons. The van der Waals surface area contributed by atoms with Crippen LogP contribution in [0.3, 0.4) is 0 Å². The molecule has 0 bridgehead atoms. The third-order valence-corrected chi connectivity index (χ3v) is 3.79. The second-order valence-electron chi connectivity index (χ2n) is 6.55. The van der Waals surface area contributed by atoms with Crippen molar-refractivity contribution in [2.75, 3.05) is 13.1 Å². The number of aromatic nitrogens is 4. The van der Waals surface area contributed by atoms with Gasteiger partial charge in [-0.1, -0.05) is 0 Å². The summed E-state index contributed by atoms with van der Waals surface area (Å²) < 4.78 is 6.90. The van der Waals surface area contributed by atoms with Crippen LogP contribution in [-0.4, -0.2) is 49.2 Å². The van der Waals surface area contributed by atoms with Crippen LogP contribution in [0.2, 0.25) is 5.28 Å². The van der Waals surface area contributed by atoms with Gasteiger partial charge in [0.2, 0.25) is 5.28 Å². The molecule has 2 aromatic rings. The molecule has 1 atom stereocenters. The van der Waals surface area contributed by atoms with Crippen molar-refractivity contribution in [1.82, 2.24) is 24.4 Å². The Bertz CT molecular complexity index is 807. The molecular formula is C14H18ClN5O3. The molecule has 0 unspecified atom stereocenters. The number of nitrogens with zero attached hydrogens (tertiary/aromatic N) is 4. The van der Waals surface area contributed by atoms with Crippen molar-refractivity contribution >= 4 is 28.9 Å². The number of ether oxygens (including phenoxy) is 1. The van der Waals surface area contributed by atoms with Gasteiger partial charge in [0, 0.05) is 13.1 Å². The van der Waals surface area contributed by atoms with Crippen molar-refractivity contribution in [1.29, 1.82) is 0 Å². The highest BCUT2D eigenvalue weighted by Gasteiger charge is 2.32. The molecule has 1 N–H and O–H groups in total. The van der Waals surface area contributed by atoms with Crippen LogP contribution < -0.4 is 5.69 Å². The molecule has 3 heterocycles. The first-order valence-corrected chi connectivity index (χ1v) is 7.73. The molecule has 3 rings (SSSR count). The zero-order valence-electron chi connectivity index (χ0n) is 13.2. The molecule has 1 saturated heterocycles. The Morgan fingerprint density at radius 2 is 2.22 bits per heavy atom. The number of nitrogens with one attached hydrogen (secondary N) is 1. The van der Waals surface area contributed by atoms with Gasteiger partial charge in [-0.25, -0.2) is 14.6 Å². The summed E-state index contributed by atoms with van der Waals surface area (Å²) >= 11 is 5.82. The Hall–Kier alpha value is -2.09.